The van der Waals surface area contributed by atoms with Gasteiger partial charge >= 0.3 is 0 Å². The number of aromatic nitrogens is 2. The highest BCUT2D eigenvalue weighted by atomic mass is 16.3. The molecule has 1 atom stereocenters. The predicted octanol–water partition coefficient (Wildman–Crippen LogP) is 2.73. The summed E-state index contributed by atoms with van der Waals surface area (Å²) < 4.78 is 7.75. The molecule has 0 bridgehead atoms. The van der Waals surface area contributed by atoms with Gasteiger partial charge in [-0.2, -0.15) is 5.10 Å². The summed E-state index contributed by atoms with van der Waals surface area (Å²) >= 11 is 0. The Kier molecular flexibility index (Phi) is 3.57. The topological polar surface area (TPSA) is 43.0 Å². The molecular formula is C14H21N3O. The first-order valence-electron chi connectivity index (χ1n) is 6.35. The molecule has 0 aliphatic rings. The highest BCUT2D eigenvalue weighted by molar-refractivity contribution is 5.38. The Morgan fingerprint density at radius 1 is 1.33 bits per heavy atom. The lowest BCUT2D eigenvalue weighted by Gasteiger charge is -2.18. The largest absolute Gasteiger partial charge is 0.466 e. The van der Waals surface area contributed by atoms with Gasteiger partial charge in [0.2, 0.25) is 0 Å². The molecule has 0 amide bonds. The molecule has 0 aromatic carbocycles. The van der Waals surface area contributed by atoms with Gasteiger partial charge in [-0.1, -0.05) is 0 Å². The third-order valence-corrected chi connectivity index (χ3v) is 3.54. The molecule has 0 spiro atoms. The second-order valence-electron chi connectivity index (χ2n) is 4.55. The Hall–Kier alpha value is -1.55. The van der Waals surface area contributed by atoms with E-state index in [4.69, 9.17) is 4.42 Å². The van der Waals surface area contributed by atoms with Crippen LogP contribution in [-0.4, -0.2) is 16.8 Å². The first-order valence-corrected chi connectivity index (χ1v) is 6.35. The number of rotatable bonds is 4. The molecule has 0 fully saturated rings. The van der Waals surface area contributed by atoms with Gasteiger partial charge in [-0.3, -0.25) is 4.68 Å². The van der Waals surface area contributed by atoms with Crippen LogP contribution in [0.5, 0.6) is 0 Å². The monoisotopic (exact) mass is 247 g/mol. The van der Waals surface area contributed by atoms with Gasteiger partial charge < -0.3 is 9.73 Å². The van der Waals surface area contributed by atoms with Crippen molar-refractivity contribution in [2.45, 2.75) is 40.3 Å². The summed E-state index contributed by atoms with van der Waals surface area (Å²) in [4.78, 5) is 0. The Morgan fingerprint density at radius 2 is 2.06 bits per heavy atom. The number of aryl methyl sites for hydroxylation is 3. The van der Waals surface area contributed by atoms with Crippen LogP contribution >= 0.6 is 0 Å². The molecule has 0 aliphatic heterocycles. The van der Waals surface area contributed by atoms with Gasteiger partial charge in [0.25, 0.3) is 0 Å². The fourth-order valence-electron chi connectivity index (χ4n) is 2.53. The van der Waals surface area contributed by atoms with Crippen molar-refractivity contribution in [3.05, 3.63) is 40.6 Å². The van der Waals surface area contributed by atoms with Crippen LogP contribution in [0.1, 0.15) is 41.3 Å². The summed E-state index contributed by atoms with van der Waals surface area (Å²) in [6.45, 7) is 9.11. The van der Waals surface area contributed by atoms with E-state index < -0.39 is 0 Å². The van der Waals surface area contributed by atoms with Gasteiger partial charge in [-0.15, -0.1) is 0 Å². The Balaban J connectivity index is 2.52. The smallest absolute Gasteiger partial charge is 0.106 e. The third kappa shape index (κ3) is 1.97. The fourth-order valence-corrected chi connectivity index (χ4v) is 2.53. The van der Waals surface area contributed by atoms with E-state index in [-0.39, 0.29) is 6.04 Å². The van der Waals surface area contributed by atoms with Crippen LogP contribution in [-0.2, 0) is 6.54 Å². The molecule has 1 N–H and O–H groups in total. The standard InChI is InChI=1S/C14H21N3O/c1-6-17-12(7-8-16-17)14(15-5)13-9(2)10(3)18-11(13)4/h7-8,14-15H,6H2,1-5H3. The van der Waals surface area contributed by atoms with Crippen LogP contribution in [0.3, 0.4) is 0 Å². The number of furan rings is 1. The Labute approximate surface area is 108 Å². The summed E-state index contributed by atoms with van der Waals surface area (Å²) in [5, 5.41) is 7.71. The van der Waals surface area contributed by atoms with E-state index in [2.05, 4.69) is 30.3 Å². The molecule has 2 rings (SSSR count). The summed E-state index contributed by atoms with van der Waals surface area (Å²) in [6.07, 6.45) is 1.85. The number of nitrogens with zero attached hydrogens (tertiary/aromatic N) is 2. The molecule has 18 heavy (non-hydrogen) atoms. The zero-order valence-corrected chi connectivity index (χ0v) is 11.7. The second-order valence-corrected chi connectivity index (χ2v) is 4.55. The molecule has 4 heteroatoms. The van der Waals surface area contributed by atoms with E-state index in [0.717, 1.165) is 18.1 Å². The molecule has 98 valence electrons. The number of hydrogen-bond acceptors (Lipinski definition) is 3. The molecule has 2 heterocycles. The number of hydrogen-bond donors (Lipinski definition) is 1. The van der Waals surface area contributed by atoms with Gasteiger partial charge in [0.05, 0.1) is 11.7 Å². The molecule has 4 nitrogen and oxygen atoms in total. The lowest BCUT2D eigenvalue weighted by Crippen LogP contribution is -2.22. The SMILES string of the molecule is CCn1nccc1C(NC)c1c(C)oc(C)c1C. The van der Waals surface area contributed by atoms with Crippen LogP contribution in [0, 0.1) is 20.8 Å². The minimum absolute atomic E-state index is 0.130. The summed E-state index contributed by atoms with van der Waals surface area (Å²) in [7, 11) is 1.97. The van der Waals surface area contributed by atoms with Crippen molar-refractivity contribution in [3.8, 4) is 0 Å². The van der Waals surface area contributed by atoms with Crippen LogP contribution in [0.2, 0.25) is 0 Å². The van der Waals surface area contributed by atoms with Gasteiger partial charge in [-0.05, 0) is 46.4 Å². The van der Waals surface area contributed by atoms with Crippen molar-refractivity contribution in [2.75, 3.05) is 7.05 Å². The van der Waals surface area contributed by atoms with Crippen molar-refractivity contribution < 1.29 is 4.42 Å². The maximum atomic E-state index is 5.73. The normalized spacial score (nSPS) is 12.9. The molecule has 0 saturated heterocycles. The Morgan fingerprint density at radius 3 is 2.56 bits per heavy atom. The molecule has 2 aromatic rings. The lowest BCUT2D eigenvalue weighted by atomic mass is 9.99. The average molecular weight is 247 g/mol. The molecule has 1 unspecified atom stereocenters. The minimum Gasteiger partial charge on any atom is -0.466 e. The van der Waals surface area contributed by atoms with Crippen LogP contribution in [0.4, 0.5) is 0 Å². The molecule has 0 saturated carbocycles. The summed E-state index contributed by atoms with van der Waals surface area (Å²) in [6, 6.07) is 2.19. The molecule has 0 aliphatic carbocycles. The van der Waals surface area contributed by atoms with Crippen molar-refractivity contribution in [1.29, 1.82) is 0 Å². The van der Waals surface area contributed by atoms with Crippen molar-refractivity contribution in [2.24, 2.45) is 0 Å². The minimum atomic E-state index is 0.130. The molecular weight excluding hydrogens is 226 g/mol. The highest BCUT2D eigenvalue weighted by Gasteiger charge is 2.23. The van der Waals surface area contributed by atoms with Crippen molar-refractivity contribution >= 4 is 0 Å². The van der Waals surface area contributed by atoms with Gasteiger partial charge in [-0.25, -0.2) is 0 Å². The maximum absolute atomic E-state index is 5.73. The second kappa shape index (κ2) is 4.98. The quantitative estimate of drug-likeness (QED) is 0.903. The first kappa shape index (κ1) is 12.9. The predicted molar refractivity (Wildman–Crippen MR) is 71.7 cm³/mol. The zero-order valence-electron chi connectivity index (χ0n) is 11.7. The van der Waals surface area contributed by atoms with E-state index in [0.29, 0.717) is 0 Å². The van der Waals surface area contributed by atoms with Gasteiger partial charge in [0.1, 0.15) is 11.5 Å². The van der Waals surface area contributed by atoms with Crippen LogP contribution in [0.15, 0.2) is 16.7 Å². The third-order valence-electron chi connectivity index (χ3n) is 3.54. The molecule has 0 radical (unpaired) electrons. The lowest BCUT2D eigenvalue weighted by molar-refractivity contribution is 0.491. The van der Waals surface area contributed by atoms with Gasteiger partial charge in [0, 0.05) is 18.3 Å². The Bertz CT molecular complexity index is 539. The van der Waals surface area contributed by atoms with Crippen molar-refractivity contribution in [3.63, 3.8) is 0 Å². The van der Waals surface area contributed by atoms with E-state index >= 15 is 0 Å². The van der Waals surface area contributed by atoms with E-state index in [1.165, 1.54) is 16.8 Å². The first-order chi connectivity index (χ1) is 8.60. The number of nitrogens with one attached hydrogen (secondary N) is 1. The van der Waals surface area contributed by atoms with Gasteiger partial charge in [0.15, 0.2) is 0 Å². The van der Waals surface area contributed by atoms with Crippen LogP contribution in [0.25, 0.3) is 0 Å². The average Bonchev–Trinajstić information content (AvgIpc) is 2.90. The van der Waals surface area contributed by atoms with Crippen LogP contribution < -0.4 is 5.32 Å². The highest BCUT2D eigenvalue weighted by Crippen LogP contribution is 2.31. The maximum Gasteiger partial charge on any atom is 0.106 e. The fraction of sp³-hybridized carbons (Fsp3) is 0.500. The van der Waals surface area contributed by atoms with E-state index in [1.54, 1.807) is 0 Å². The summed E-state index contributed by atoms with van der Waals surface area (Å²) in [5.74, 6) is 1.97. The van der Waals surface area contributed by atoms with E-state index in [9.17, 15) is 0 Å². The summed E-state index contributed by atoms with van der Waals surface area (Å²) in [5.41, 5.74) is 3.62. The molecule has 2 aromatic heterocycles. The van der Waals surface area contributed by atoms with Crippen molar-refractivity contribution in [1.82, 2.24) is 15.1 Å². The zero-order chi connectivity index (χ0) is 13.3. The van der Waals surface area contributed by atoms with E-state index in [1.807, 2.05) is 31.8 Å².